The highest BCUT2D eigenvalue weighted by molar-refractivity contribution is 5.82. The van der Waals surface area contributed by atoms with E-state index in [0.717, 1.165) is 6.42 Å². The molecule has 88 valence electrons. The summed E-state index contributed by atoms with van der Waals surface area (Å²) >= 11 is 0. The van der Waals surface area contributed by atoms with Crippen LogP contribution < -0.4 is 10.6 Å². The molecule has 1 heterocycles. The molecule has 1 amide bonds. The minimum Gasteiger partial charge on any atom is -0.350 e. The molecule has 0 aliphatic carbocycles. The second-order valence-electron chi connectivity index (χ2n) is 5.40. The number of piperazine rings is 1. The van der Waals surface area contributed by atoms with Crippen molar-refractivity contribution in [2.75, 3.05) is 0 Å². The maximum absolute atomic E-state index is 11.6. The summed E-state index contributed by atoms with van der Waals surface area (Å²) in [6.07, 6.45) is 1.05. The molecule has 3 heteroatoms. The van der Waals surface area contributed by atoms with Crippen LogP contribution in [0.4, 0.5) is 0 Å². The van der Waals surface area contributed by atoms with Crippen LogP contribution in [0.1, 0.15) is 41.0 Å². The zero-order valence-electron chi connectivity index (χ0n) is 10.5. The third-order valence-electron chi connectivity index (χ3n) is 3.04. The summed E-state index contributed by atoms with van der Waals surface area (Å²) < 4.78 is 0. The Balaban J connectivity index is 2.68. The minimum atomic E-state index is -0.0548. The third-order valence-corrected chi connectivity index (χ3v) is 3.04. The monoisotopic (exact) mass is 212 g/mol. The first-order valence-corrected chi connectivity index (χ1v) is 5.98. The van der Waals surface area contributed by atoms with E-state index in [9.17, 15) is 4.79 Å². The van der Waals surface area contributed by atoms with E-state index >= 15 is 0 Å². The fourth-order valence-corrected chi connectivity index (χ4v) is 2.25. The number of carbonyl (C=O) groups excluding carboxylic acids is 1. The Labute approximate surface area is 93.0 Å². The van der Waals surface area contributed by atoms with E-state index in [4.69, 9.17) is 0 Å². The summed E-state index contributed by atoms with van der Waals surface area (Å²) in [6.45, 7) is 10.7. The Morgan fingerprint density at radius 1 is 1.27 bits per heavy atom. The minimum absolute atomic E-state index is 0.0548. The summed E-state index contributed by atoms with van der Waals surface area (Å²) in [5.74, 6) is 1.31. The number of hydrogen-bond acceptors (Lipinski definition) is 2. The zero-order valence-corrected chi connectivity index (χ0v) is 10.5. The molecule has 3 atom stereocenters. The molecule has 0 aromatic rings. The van der Waals surface area contributed by atoms with Crippen molar-refractivity contribution in [2.24, 2.45) is 11.8 Å². The maximum atomic E-state index is 11.6. The van der Waals surface area contributed by atoms with Gasteiger partial charge in [0.25, 0.3) is 0 Å². The van der Waals surface area contributed by atoms with Gasteiger partial charge in [0.05, 0.1) is 6.04 Å². The summed E-state index contributed by atoms with van der Waals surface area (Å²) in [5.41, 5.74) is 0. The lowest BCUT2D eigenvalue weighted by atomic mass is 9.87. The molecule has 3 nitrogen and oxygen atoms in total. The Bertz CT molecular complexity index is 226. The van der Waals surface area contributed by atoms with Gasteiger partial charge < -0.3 is 10.6 Å². The first-order chi connectivity index (χ1) is 6.91. The van der Waals surface area contributed by atoms with Gasteiger partial charge in [-0.3, -0.25) is 4.79 Å². The van der Waals surface area contributed by atoms with Crippen LogP contribution in [0.15, 0.2) is 0 Å². The van der Waals surface area contributed by atoms with Gasteiger partial charge in [-0.1, -0.05) is 27.7 Å². The standard InChI is InChI=1S/C12H24N2O/c1-7(2)6-10-11(8(3)4)13-9(5)12(15)14-10/h7-11,13H,6H2,1-5H3,(H,14,15)/t9-,10-,11+/m0/s1. The van der Waals surface area contributed by atoms with E-state index in [2.05, 4.69) is 38.3 Å². The molecular formula is C12H24N2O. The fourth-order valence-electron chi connectivity index (χ4n) is 2.25. The van der Waals surface area contributed by atoms with Gasteiger partial charge >= 0.3 is 0 Å². The average Bonchev–Trinajstić information content (AvgIpc) is 2.09. The molecule has 1 aliphatic rings. The van der Waals surface area contributed by atoms with Gasteiger partial charge in [0.2, 0.25) is 5.91 Å². The number of rotatable bonds is 3. The van der Waals surface area contributed by atoms with Gasteiger partial charge in [-0.25, -0.2) is 0 Å². The molecule has 0 spiro atoms. The second-order valence-corrected chi connectivity index (χ2v) is 5.40. The summed E-state index contributed by atoms with van der Waals surface area (Å²) in [6, 6.07) is 0.634. The van der Waals surface area contributed by atoms with Crippen LogP contribution in [-0.4, -0.2) is 24.0 Å². The van der Waals surface area contributed by atoms with Crippen molar-refractivity contribution in [2.45, 2.75) is 59.2 Å². The summed E-state index contributed by atoms with van der Waals surface area (Å²) in [5, 5.41) is 6.54. The van der Waals surface area contributed by atoms with Crippen molar-refractivity contribution >= 4 is 5.91 Å². The Morgan fingerprint density at radius 2 is 1.87 bits per heavy atom. The SMILES string of the molecule is CC(C)C[C@@H]1NC(=O)[C@H](C)N[C@@H]1C(C)C. The zero-order chi connectivity index (χ0) is 11.6. The van der Waals surface area contributed by atoms with Gasteiger partial charge in [-0.05, 0) is 25.2 Å². The predicted molar refractivity (Wildman–Crippen MR) is 62.6 cm³/mol. The Morgan fingerprint density at radius 3 is 2.33 bits per heavy atom. The lowest BCUT2D eigenvalue weighted by Crippen LogP contribution is -2.64. The molecule has 0 radical (unpaired) electrons. The fraction of sp³-hybridized carbons (Fsp3) is 0.917. The lowest BCUT2D eigenvalue weighted by molar-refractivity contribution is -0.126. The van der Waals surface area contributed by atoms with Crippen LogP contribution >= 0.6 is 0 Å². The first-order valence-electron chi connectivity index (χ1n) is 5.98. The van der Waals surface area contributed by atoms with Crippen molar-refractivity contribution in [1.29, 1.82) is 0 Å². The highest BCUT2D eigenvalue weighted by Crippen LogP contribution is 2.18. The van der Waals surface area contributed by atoms with Crippen LogP contribution in [0.3, 0.4) is 0 Å². The van der Waals surface area contributed by atoms with Gasteiger partial charge in [0.1, 0.15) is 0 Å². The predicted octanol–water partition coefficient (Wildman–Crippen LogP) is 1.53. The molecule has 0 saturated carbocycles. The molecular weight excluding hydrogens is 188 g/mol. The van der Waals surface area contributed by atoms with Gasteiger partial charge in [0, 0.05) is 12.1 Å². The quantitative estimate of drug-likeness (QED) is 0.745. The molecule has 1 aliphatic heterocycles. The van der Waals surface area contributed by atoms with Crippen molar-refractivity contribution in [3.05, 3.63) is 0 Å². The van der Waals surface area contributed by atoms with Gasteiger partial charge in [-0.2, -0.15) is 0 Å². The highest BCUT2D eigenvalue weighted by atomic mass is 16.2. The van der Waals surface area contributed by atoms with E-state index in [0.29, 0.717) is 17.9 Å². The van der Waals surface area contributed by atoms with Crippen molar-refractivity contribution in [3.63, 3.8) is 0 Å². The van der Waals surface area contributed by atoms with E-state index in [1.165, 1.54) is 0 Å². The van der Waals surface area contributed by atoms with Crippen LogP contribution in [0.25, 0.3) is 0 Å². The molecule has 0 unspecified atom stereocenters. The van der Waals surface area contributed by atoms with Crippen molar-refractivity contribution in [3.8, 4) is 0 Å². The summed E-state index contributed by atoms with van der Waals surface area (Å²) in [4.78, 5) is 11.6. The Kier molecular flexibility index (Phi) is 4.14. The number of hydrogen-bond donors (Lipinski definition) is 2. The van der Waals surface area contributed by atoms with Crippen LogP contribution in [0.2, 0.25) is 0 Å². The van der Waals surface area contributed by atoms with E-state index in [1.54, 1.807) is 0 Å². The third kappa shape index (κ3) is 3.20. The van der Waals surface area contributed by atoms with E-state index in [-0.39, 0.29) is 18.0 Å². The number of amides is 1. The van der Waals surface area contributed by atoms with Crippen LogP contribution in [-0.2, 0) is 4.79 Å². The van der Waals surface area contributed by atoms with Crippen molar-refractivity contribution < 1.29 is 4.79 Å². The Hall–Kier alpha value is -0.570. The van der Waals surface area contributed by atoms with Crippen LogP contribution in [0, 0.1) is 11.8 Å². The van der Waals surface area contributed by atoms with Crippen molar-refractivity contribution in [1.82, 2.24) is 10.6 Å². The first kappa shape index (κ1) is 12.5. The molecule has 0 aromatic heterocycles. The molecule has 1 saturated heterocycles. The summed E-state index contributed by atoms with van der Waals surface area (Å²) in [7, 11) is 0. The topological polar surface area (TPSA) is 41.1 Å². The maximum Gasteiger partial charge on any atom is 0.237 e. The second kappa shape index (κ2) is 4.97. The molecule has 15 heavy (non-hydrogen) atoms. The van der Waals surface area contributed by atoms with Gasteiger partial charge in [0.15, 0.2) is 0 Å². The lowest BCUT2D eigenvalue weighted by Gasteiger charge is -2.39. The van der Waals surface area contributed by atoms with Crippen LogP contribution in [0.5, 0.6) is 0 Å². The van der Waals surface area contributed by atoms with E-state index in [1.807, 2.05) is 6.92 Å². The molecule has 1 fully saturated rings. The van der Waals surface area contributed by atoms with Gasteiger partial charge in [-0.15, -0.1) is 0 Å². The van der Waals surface area contributed by atoms with E-state index < -0.39 is 0 Å². The molecule has 1 rings (SSSR count). The molecule has 0 bridgehead atoms. The number of carbonyl (C=O) groups is 1. The average molecular weight is 212 g/mol. The largest absolute Gasteiger partial charge is 0.350 e. The number of nitrogens with one attached hydrogen (secondary N) is 2. The normalized spacial score (nSPS) is 32.2. The molecule has 0 aromatic carbocycles. The molecule has 2 N–H and O–H groups in total. The highest BCUT2D eigenvalue weighted by Gasteiger charge is 2.34. The smallest absolute Gasteiger partial charge is 0.237 e.